The fourth-order valence-corrected chi connectivity index (χ4v) is 2.58. The van der Waals surface area contributed by atoms with E-state index < -0.39 is 0 Å². The fraction of sp³-hybridized carbons (Fsp3) is 0.769. The fourth-order valence-electron chi connectivity index (χ4n) is 1.84. The molecule has 1 heterocycles. The van der Waals surface area contributed by atoms with Crippen LogP contribution in [0.2, 0.25) is 0 Å². The van der Waals surface area contributed by atoms with E-state index in [0.29, 0.717) is 6.04 Å². The highest BCUT2D eigenvalue weighted by Gasteiger charge is 2.15. The molecule has 0 bridgehead atoms. The number of rotatable bonds is 9. The summed E-state index contributed by atoms with van der Waals surface area (Å²) < 4.78 is 2.28. The molecule has 0 aliphatic heterocycles. The number of nitrogens with zero attached hydrogens (tertiary/aromatic N) is 2. The second-order valence-electron chi connectivity index (χ2n) is 4.15. The number of hydrogen-bond donors (Lipinski definition) is 1. The summed E-state index contributed by atoms with van der Waals surface area (Å²) in [5.74, 6) is 3.47. The average Bonchev–Trinajstić information content (AvgIpc) is 2.78. The molecule has 0 aliphatic carbocycles. The van der Waals surface area contributed by atoms with Crippen LogP contribution in [0.25, 0.3) is 0 Å². The highest BCUT2D eigenvalue weighted by atomic mass is 32.2. The van der Waals surface area contributed by atoms with Crippen LogP contribution in [0.4, 0.5) is 0 Å². The van der Waals surface area contributed by atoms with Crippen LogP contribution in [-0.2, 0) is 6.54 Å². The predicted octanol–water partition coefficient (Wildman–Crippen LogP) is 3.09. The molecule has 3 nitrogen and oxygen atoms in total. The third kappa shape index (κ3) is 4.72. The summed E-state index contributed by atoms with van der Waals surface area (Å²) in [4.78, 5) is 4.53. The maximum atomic E-state index is 4.53. The van der Waals surface area contributed by atoms with Crippen LogP contribution < -0.4 is 5.32 Å². The zero-order valence-corrected chi connectivity index (χ0v) is 12.1. The number of imidazole rings is 1. The Balaban J connectivity index is 2.68. The van der Waals surface area contributed by atoms with Gasteiger partial charge < -0.3 is 9.88 Å². The van der Waals surface area contributed by atoms with Crippen molar-refractivity contribution in [3.05, 3.63) is 18.2 Å². The summed E-state index contributed by atoms with van der Waals surface area (Å²) in [6.45, 7) is 8.75. The lowest BCUT2D eigenvalue weighted by Crippen LogP contribution is -2.27. The normalized spacial score (nSPS) is 12.9. The van der Waals surface area contributed by atoms with Crippen LogP contribution in [0.1, 0.15) is 45.5 Å². The second-order valence-corrected chi connectivity index (χ2v) is 5.46. The van der Waals surface area contributed by atoms with Crippen LogP contribution in [0, 0.1) is 0 Å². The molecule has 0 radical (unpaired) electrons. The van der Waals surface area contributed by atoms with Gasteiger partial charge in [0.25, 0.3) is 0 Å². The minimum Gasteiger partial charge on any atom is -0.334 e. The van der Waals surface area contributed by atoms with Gasteiger partial charge in [0.05, 0.1) is 6.04 Å². The van der Waals surface area contributed by atoms with Gasteiger partial charge in [-0.3, -0.25) is 0 Å². The SMILES string of the molecule is CCCNC(CSCC)c1nccn1CCC. The Morgan fingerprint density at radius 3 is 2.82 bits per heavy atom. The first-order valence-electron chi connectivity index (χ1n) is 6.65. The van der Waals surface area contributed by atoms with Crippen molar-refractivity contribution in [1.82, 2.24) is 14.9 Å². The monoisotopic (exact) mass is 255 g/mol. The van der Waals surface area contributed by atoms with Gasteiger partial charge in [-0.1, -0.05) is 20.8 Å². The van der Waals surface area contributed by atoms with Crippen LogP contribution in [0.5, 0.6) is 0 Å². The molecule has 1 aromatic heterocycles. The van der Waals surface area contributed by atoms with Gasteiger partial charge in [-0.15, -0.1) is 0 Å². The van der Waals surface area contributed by atoms with E-state index in [4.69, 9.17) is 0 Å². The van der Waals surface area contributed by atoms with Gasteiger partial charge >= 0.3 is 0 Å². The van der Waals surface area contributed by atoms with Crippen molar-refractivity contribution in [1.29, 1.82) is 0 Å². The summed E-state index contributed by atoms with van der Waals surface area (Å²) in [7, 11) is 0. The van der Waals surface area contributed by atoms with Gasteiger partial charge in [-0.25, -0.2) is 4.98 Å². The molecule has 1 unspecified atom stereocenters. The minimum atomic E-state index is 0.390. The van der Waals surface area contributed by atoms with Gasteiger partial charge in [0.1, 0.15) is 5.82 Å². The molecule has 0 aliphatic rings. The number of aromatic nitrogens is 2. The highest BCUT2D eigenvalue weighted by Crippen LogP contribution is 2.17. The van der Waals surface area contributed by atoms with Crippen molar-refractivity contribution in [2.75, 3.05) is 18.1 Å². The number of aryl methyl sites for hydroxylation is 1. The molecule has 1 aromatic rings. The molecule has 0 amide bonds. The minimum absolute atomic E-state index is 0.390. The van der Waals surface area contributed by atoms with E-state index in [2.05, 4.69) is 41.8 Å². The molecule has 1 rings (SSSR count). The Hall–Kier alpha value is -0.480. The molecule has 98 valence electrons. The van der Waals surface area contributed by atoms with Crippen molar-refractivity contribution in [3.63, 3.8) is 0 Å². The lowest BCUT2D eigenvalue weighted by molar-refractivity contribution is 0.513. The van der Waals surface area contributed by atoms with E-state index >= 15 is 0 Å². The zero-order chi connectivity index (χ0) is 12.5. The predicted molar refractivity (Wildman–Crippen MR) is 76.6 cm³/mol. The summed E-state index contributed by atoms with van der Waals surface area (Å²) in [5, 5.41) is 3.60. The van der Waals surface area contributed by atoms with Gasteiger partial charge in [-0.05, 0) is 25.1 Å². The third-order valence-corrected chi connectivity index (χ3v) is 3.63. The van der Waals surface area contributed by atoms with E-state index in [1.165, 1.54) is 18.0 Å². The summed E-state index contributed by atoms with van der Waals surface area (Å²) in [5.41, 5.74) is 0. The van der Waals surface area contributed by atoms with Gasteiger partial charge in [0.15, 0.2) is 0 Å². The quantitative estimate of drug-likeness (QED) is 0.735. The van der Waals surface area contributed by atoms with E-state index in [1.807, 2.05) is 18.0 Å². The molecule has 17 heavy (non-hydrogen) atoms. The van der Waals surface area contributed by atoms with E-state index in [-0.39, 0.29) is 0 Å². The Labute approximate surface area is 109 Å². The topological polar surface area (TPSA) is 29.9 Å². The van der Waals surface area contributed by atoms with Crippen LogP contribution in [0.3, 0.4) is 0 Å². The highest BCUT2D eigenvalue weighted by molar-refractivity contribution is 7.99. The van der Waals surface area contributed by atoms with Gasteiger partial charge in [0, 0.05) is 24.7 Å². The summed E-state index contributed by atoms with van der Waals surface area (Å²) >= 11 is 1.98. The number of nitrogens with one attached hydrogen (secondary N) is 1. The maximum absolute atomic E-state index is 4.53. The Morgan fingerprint density at radius 1 is 1.35 bits per heavy atom. The van der Waals surface area contributed by atoms with Gasteiger partial charge in [0.2, 0.25) is 0 Å². The first kappa shape index (κ1) is 14.6. The molecule has 1 atom stereocenters. The lowest BCUT2D eigenvalue weighted by atomic mass is 10.3. The molecule has 0 spiro atoms. The third-order valence-electron chi connectivity index (χ3n) is 2.65. The standard InChI is InChI=1S/C13H25N3S/c1-4-7-14-12(11-17-6-3)13-15-8-10-16(13)9-5-2/h8,10,12,14H,4-7,9,11H2,1-3H3. The van der Waals surface area contributed by atoms with E-state index in [0.717, 1.165) is 25.3 Å². The number of thioether (sulfide) groups is 1. The van der Waals surface area contributed by atoms with Gasteiger partial charge in [-0.2, -0.15) is 11.8 Å². The van der Waals surface area contributed by atoms with Crippen molar-refractivity contribution in [3.8, 4) is 0 Å². The van der Waals surface area contributed by atoms with Crippen molar-refractivity contribution in [2.45, 2.75) is 46.2 Å². The first-order chi connectivity index (χ1) is 8.33. The Morgan fingerprint density at radius 2 is 2.18 bits per heavy atom. The molecular formula is C13H25N3S. The average molecular weight is 255 g/mol. The van der Waals surface area contributed by atoms with E-state index in [9.17, 15) is 0 Å². The van der Waals surface area contributed by atoms with E-state index in [1.54, 1.807) is 0 Å². The summed E-state index contributed by atoms with van der Waals surface area (Å²) in [6, 6.07) is 0.390. The second kappa shape index (κ2) is 8.59. The Bertz CT molecular complexity index is 291. The molecule has 1 N–H and O–H groups in total. The molecule has 0 fully saturated rings. The van der Waals surface area contributed by atoms with Crippen molar-refractivity contribution < 1.29 is 0 Å². The molecule has 0 saturated carbocycles. The lowest BCUT2D eigenvalue weighted by Gasteiger charge is -2.19. The maximum Gasteiger partial charge on any atom is 0.126 e. The molecule has 0 aromatic carbocycles. The smallest absolute Gasteiger partial charge is 0.126 e. The van der Waals surface area contributed by atoms with Crippen LogP contribution in [-0.4, -0.2) is 27.6 Å². The van der Waals surface area contributed by atoms with Crippen molar-refractivity contribution >= 4 is 11.8 Å². The zero-order valence-electron chi connectivity index (χ0n) is 11.3. The van der Waals surface area contributed by atoms with Crippen LogP contribution >= 0.6 is 11.8 Å². The number of hydrogen-bond acceptors (Lipinski definition) is 3. The molecular weight excluding hydrogens is 230 g/mol. The van der Waals surface area contributed by atoms with Crippen LogP contribution in [0.15, 0.2) is 12.4 Å². The first-order valence-corrected chi connectivity index (χ1v) is 7.81. The molecule has 4 heteroatoms. The summed E-state index contributed by atoms with van der Waals surface area (Å²) in [6.07, 6.45) is 6.34. The molecule has 0 saturated heterocycles. The largest absolute Gasteiger partial charge is 0.334 e. The van der Waals surface area contributed by atoms with Crippen molar-refractivity contribution in [2.24, 2.45) is 0 Å². The Kier molecular flexibility index (Phi) is 7.37.